The van der Waals surface area contributed by atoms with Gasteiger partial charge in [0.15, 0.2) is 6.54 Å². The van der Waals surface area contributed by atoms with E-state index >= 15 is 0 Å². The molecule has 1 aromatic rings. The van der Waals surface area contributed by atoms with Crippen LogP contribution in [0.25, 0.3) is 0 Å². The molecule has 0 aliphatic rings. The van der Waals surface area contributed by atoms with Crippen LogP contribution in [0.15, 0.2) is 6.33 Å². The summed E-state index contributed by atoms with van der Waals surface area (Å²) in [6, 6.07) is 0. The number of aromatic nitrogens is 3. The topological polar surface area (TPSA) is 100 Å². The highest BCUT2D eigenvalue weighted by molar-refractivity contribution is 5.68. The second kappa shape index (κ2) is 3.61. The van der Waals surface area contributed by atoms with Crippen molar-refractivity contribution in [2.24, 2.45) is 0 Å². The summed E-state index contributed by atoms with van der Waals surface area (Å²) in [4.78, 5) is 23.4. The molecule has 13 heavy (non-hydrogen) atoms. The highest BCUT2D eigenvalue weighted by atomic mass is 16.6. The molecule has 0 unspecified atom stereocenters. The lowest BCUT2D eigenvalue weighted by atomic mass is 10.7. The Morgan fingerprint density at radius 3 is 3.00 bits per heavy atom. The fourth-order valence-corrected chi connectivity index (χ4v) is 0.641. The third-order valence-electron chi connectivity index (χ3n) is 1.21. The van der Waals surface area contributed by atoms with Gasteiger partial charge in [-0.2, -0.15) is 4.68 Å². The second-order valence-corrected chi connectivity index (χ2v) is 2.08. The van der Waals surface area contributed by atoms with Crippen LogP contribution in [0.3, 0.4) is 0 Å². The minimum atomic E-state index is -0.742. The molecule has 8 nitrogen and oxygen atoms in total. The summed E-state index contributed by atoms with van der Waals surface area (Å²) in [5.74, 6) is -1.08. The van der Waals surface area contributed by atoms with Crippen molar-refractivity contribution in [1.82, 2.24) is 14.8 Å². The number of nitrogens with zero attached hydrogens (tertiary/aromatic N) is 4. The first-order valence-electron chi connectivity index (χ1n) is 3.24. The van der Waals surface area contributed by atoms with Crippen molar-refractivity contribution in [2.75, 3.05) is 7.11 Å². The smallest absolute Gasteiger partial charge is 0.468 e. The van der Waals surface area contributed by atoms with Gasteiger partial charge in [0, 0.05) is 5.10 Å². The lowest BCUT2D eigenvalue weighted by Gasteiger charge is -1.93. The van der Waals surface area contributed by atoms with E-state index in [-0.39, 0.29) is 6.54 Å². The Bertz CT molecular complexity index is 333. The minimum absolute atomic E-state index is 0.183. The standard InChI is InChI=1S/C5H6N4O4/c1-13-4(10)2-8-3-6-5(7-8)9(11)12/h3H,2H2,1H3. The Kier molecular flexibility index (Phi) is 2.52. The molecule has 0 spiro atoms. The maximum absolute atomic E-state index is 10.7. The van der Waals surface area contributed by atoms with Crippen molar-refractivity contribution in [3.05, 3.63) is 16.4 Å². The molecule has 1 rings (SSSR count). The van der Waals surface area contributed by atoms with Crippen LogP contribution in [0, 0.1) is 10.1 Å². The number of hydrogen-bond donors (Lipinski definition) is 0. The fourth-order valence-electron chi connectivity index (χ4n) is 0.641. The summed E-state index contributed by atoms with van der Waals surface area (Å²) in [6.45, 7) is -0.183. The molecular weight excluding hydrogens is 180 g/mol. The molecule has 0 saturated carbocycles. The molecule has 0 N–H and O–H groups in total. The van der Waals surface area contributed by atoms with Crippen LogP contribution in [0.2, 0.25) is 0 Å². The Morgan fingerprint density at radius 1 is 1.85 bits per heavy atom. The van der Waals surface area contributed by atoms with Crippen molar-refractivity contribution in [1.29, 1.82) is 0 Å². The number of hydrogen-bond acceptors (Lipinski definition) is 6. The van der Waals surface area contributed by atoms with Crippen molar-refractivity contribution in [2.45, 2.75) is 6.54 Å². The number of rotatable bonds is 3. The number of carbonyl (C=O) groups excluding carboxylic acids is 1. The summed E-state index contributed by atoms with van der Waals surface area (Å²) in [5.41, 5.74) is 0. The molecule has 1 aromatic heterocycles. The average molecular weight is 186 g/mol. The predicted octanol–water partition coefficient (Wildman–Crippen LogP) is -0.641. The van der Waals surface area contributed by atoms with Crippen LogP contribution in [-0.2, 0) is 16.1 Å². The average Bonchev–Trinajstić information content (AvgIpc) is 2.52. The molecule has 8 heteroatoms. The van der Waals surface area contributed by atoms with Crippen molar-refractivity contribution < 1.29 is 14.5 Å². The SMILES string of the molecule is COC(=O)Cn1cnc([N+](=O)[O-])n1. The van der Waals surface area contributed by atoms with E-state index in [0.29, 0.717) is 0 Å². The molecular formula is C5H6N4O4. The molecule has 0 aliphatic carbocycles. The van der Waals surface area contributed by atoms with E-state index < -0.39 is 16.8 Å². The van der Waals surface area contributed by atoms with Gasteiger partial charge in [-0.15, -0.1) is 0 Å². The van der Waals surface area contributed by atoms with Crippen LogP contribution in [0.1, 0.15) is 0 Å². The van der Waals surface area contributed by atoms with E-state index in [1.54, 1.807) is 0 Å². The fraction of sp³-hybridized carbons (Fsp3) is 0.400. The molecule has 0 bridgehead atoms. The van der Waals surface area contributed by atoms with Crippen LogP contribution in [-0.4, -0.2) is 32.8 Å². The van der Waals surface area contributed by atoms with E-state index in [0.717, 1.165) is 11.0 Å². The van der Waals surface area contributed by atoms with Crippen molar-refractivity contribution in [3.63, 3.8) is 0 Å². The molecule has 0 fully saturated rings. The first-order valence-corrected chi connectivity index (χ1v) is 3.24. The van der Waals surface area contributed by atoms with Gasteiger partial charge >= 0.3 is 11.9 Å². The Labute approximate surface area is 72.3 Å². The van der Waals surface area contributed by atoms with Crippen LogP contribution in [0.5, 0.6) is 0 Å². The number of esters is 1. The molecule has 0 amide bonds. The number of carbonyl (C=O) groups is 1. The Balaban J connectivity index is 2.69. The van der Waals surface area contributed by atoms with Crippen molar-refractivity contribution in [3.8, 4) is 0 Å². The summed E-state index contributed by atoms with van der Waals surface area (Å²) in [7, 11) is 1.22. The lowest BCUT2D eigenvalue weighted by Crippen LogP contribution is -2.11. The quantitative estimate of drug-likeness (QED) is 0.353. The zero-order valence-electron chi connectivity index (χ0n) is 6.71. The van der Waals surface area contributed by atoms with Gasteiger partial charge < -0.3 is 14.9 Å². The van der Waals surface area contributed by atoms with Crippen LogP contribution < -0.4 is 0 Å². The lowest BCUT2D eigenvalue weighted by molar-refractivity contribution is -0.394. The summed E-state index contributed by atoms with van der Waals surface area (Å²) in [5, 5.41) is 13.5. The van der Waals surface area contributed by atoms with E-state index in [1.807, 2.05) is 0 Å². The van der Waals surface area contributed by atoms with Gasteiger partial charge in [-0.3, -0.25) is 4.79 Å². The second-order valence-electron chi connectivity index (χ2n) is 2.08. The van der Waals surface area contributed by atoms with E-state index in [9.17, 15) is 14.9 Å². The molecule has 0 saturated heterocycles. The number of nitro groups is 1. The Morgan fingerprint density at radius 2 is 2.54 bits per heavy atom. The van der Waals surface area contributed by atoms with E-state index in [1.165, 1.54) is 7.11 Å². The number of ether oxygens (including phenoxy) is 1. The van der Waals surface area contributed by atoms with Gasteiger partial charge in [0.25, 0.3) is 0 Å². The van der Waals surface area contributed by atoms with Crippen LogP contribution >= 0.6 is 0 Å². The Hall–Kier alpha value is -1.99. The summed E-state index contributed by atoms with van der Waals surface area (Å²) >= 11 is 0. The van der Waals surface area contributed by atoms with Gasteiger partial charge in [0.2, 0.25) is 6.33 Å². The molecule has 0 aromatic carbocycles. The van der Waals surface area contributed by atoms with Crippen LogP contribution in [0.4, 0.5) is 5.95 Å². The highest BCUT2D eigenvalue weighted by Gasteiger charge is 2.14. The maximum Gasteiger partial charge on any atom is 0.490 e. The van der Waals surface area contributed by atoms with E-state index in [2.05, 4.69) is 14.8 Å². The van der Waals surface area contributed by atoms with Gasteiger partial charge in [-0.1, -0.05) is 4.98 Å². The number of methoxy groups -OCH3 is 1. The molecule has 0 radical (unpaired) electrons. The normalized spacial score (nSPS) is 9.62. The monoisotopic (exact) mass is 186 g/mol. The van der Waals surface area contributed by atoms with Gasteiger partial charge in [0.05, 0.1) is 7.11 Å². The molecule has 0 aliphatic heterocycles. The van der Waals surface area contributed by atoms with E-state index in [4.69, 9.17) is 0 Å². The predicted molar refractivity (Wildman–Crippen MR) is 38.7 cm³/mol. The zero-order chi connectivity index (χ0) is 9.84. The zero-order valence-corrected chi connectivity index (χ0v) is 6.71. The maximum atomic E-state index is 10.7. The van der Waals surface area contributed by atoms with Gasteiger partial charge in [0.1, 0.15) is 0 Å². The first-order chi connectivity index (χ1) is 6.13. The highest BCUT2D eigenvalue weighted by Crippen LogP contribution is 1.99. The third kappa shape index (κ3) is 2.22. The van der Waals surface area contributed by atoms with Crippen molar-refractivity contribution >= 4 is 11.9 Å². The van der Waals surface area contributed by atoms with Gasteiger partial charge in [-0.25, -0.2) is 0 Å². The molecule has 70 valence electrons. The largest absolute Gasteiger partial charge is 0.490 e. The molecule has 0 atom stereocenters. The van der Waals surface area contributed by atoms with Gasteiger partial charge in [-0.05, 0) is 4.92 Å². The first kappa shape index (κ1) is 9.10. The summed E-state index contributed by atoms with van der Waals surface area (Å²) < 4.78 is 5.36. The molecule has 1 heterocycles. The summed E-state index contributed by atoms with van der Waals surface area (Å²) in [6.07, 6.45) is 1.09. The third-order valence-corrected chi connectivity index (χ3v) is 1.21. The minimum Gasteiger partial charge on any atom is -0.468 e.